The van der Waals surface area contributed by atoms with Gasteiger partial charge in [-0.2, -0.15) is 0 Å². The van der Waals surface area contributed by atoms with E-state index in [4.69, 9.17) is 11.6 Å². The first-order chi connectivity index (χ1) is 8.65. The molecule has 0 aromatic carbocycles. The fourth-order valence-electron chi connectivity index (χ4n) is 2.55. The van der Waals surface area contributed by atoms with E-state index in [2.05, 4.69) is 11.9 Å². The zero-order chi connectivity index (χ0) is 13.1. The molecule has 1 aromatic heterocycles. The number of carbonyl (C=O) groups is 1. The molecule has 98 valence electrons. The van der Waals surface area contributed by atoms with Crippen LogP contribution in [0.4, 0.5) is 0 Å². The van der Waals surface area contributed by atoms with Crippen LogP contribution in [0.2, 0.25) is 5.15 Å². The molecule has 0 N–H and O–H groups in total. The maximum Gasteiger partial charge on any atom is 0.254 e. The Morgan fingerprint density at radius 1 is 1.50 bits per heavy atom. The van der Waals surface area contributed by atoms with Gasteiger partial charge in [-0.25, -0.2) is 4.98 Å². The van der Waals surface area contributed by atoms with Gasteiger partial charge in [0.2, 0.25) is 0 Å². The molecule has 0 radical (unpaired) electrons. The Kier molecular flexibility index (Phi) is 4.23. The molecule has 0 aliphatic carbocycles. The number of hydrogen-bond acceptors (Lipinski definition) is 2. The molecule has 0 spiro atoms. The van der Waals surface area contributed by atoms with Gasteiger partial charge in [0.05, 0.1) is 0 Å². The number of halogens is 1. The molecule has 3 nitrogen and oxygen atoms in total. The van der Waals surface area contributed by atoms with E-state index >= 15 is 0 Å². The summed E-state index contributed by atoms with van der Waals surface area (Å²) in [5.41, 5.74) is 1.55. The van der Waals surface area contributed by atoms with Crippen LogP contribution in [-0.2, 0) is 6.42 Å². The largest absolute Gasteiger partial charge is 0.336 e. The predicted molar refractivity (Wildman–Crippen MR) is 73.0 cm³/mol. The highest BCUT2D eigenvalue weighted by atomic mass is 35.5. The van der Waals surface area contributed by atoms with Gasteiger partial charge in [-0.1, -0.05) is 25.4 Å². The lowest BCUT2D eigenvalue weighted by atomic mass is 10.1. The number of amides is 1. The van der Waals surface area contributed by atoms with Crippen LogP contribution in [0.15, 0.2) is 12.1 Å². The molecule has 4 heteroatoms. The standard InChI is InChI=1S/C14H19ClN2O/c1-3-11-8-10(9-13(15)16-11)14(18)17-7-5-6-12(17)4-2/h8-9,12H,3-7H2,1-2H3. The van der Waals surface area contributed by atoms with Gasteiger partial charge in [0.25, 0.3) is 5.91 Å². The molecule has 1 atom stereocenters. The zero-order valence-electron chi connectivity index (χ0n) is 10.9. The van der Waals surface area contributed by atoms with Gasteiger partial charge in [-0.3, -0.25) is 4.79 Å². The van der Waals surface area contributed by atoms with E-state index in [-0.39, 0.29) is 5.91 Å². The van der Waals surface area contributed by atoms with E-state index in [1.807, 2.05) is 17.9 Å². The summed E-state index contributed by atoms with van der Waals surface area (Å²) < 4.78 is 0. The van der Waals surface area contributed by atoms with Crippen molar-refractivity contribution >= 4 is 17.5 Å². The first kappa shape index (κ1) is 13.3. The molecular formula is C14H19ClN2O. The van der Waals surface area contributed by atoms with Crippen molar-refractivity contribution in [3.8, 4) is 0 Å². The van der Waals surface area contributed by atoms with Crippen molar-refractivity contribution in [2.45, 2.75) is 45.6 Å². The van der Waals surface area contributed by atoms with Crippen LogP contribution in [0.1, 0.15) is 49.2 Å². The number of aromatic nitrogens is 1. The van der Waals surface area contributed by atoms with Gasteiger partial charge in [-0.05, 0) is 37.8 Å². The van der Waals surface area contributed by atoms with Crippen LogP contribution >= 0.6 is 11.6 Å². The summed E-state index contributed by atoms with van der Waals surface area (Å²) in [5.74, 6) is 0.0957. The highest BCUT2D eigenvalue weighted by Gasteiger charge is 2.28. The predicted octanol–water partition coefficient (Wildman–Crippen LogP) is 3.31. The van der Waals surface area contributed by atoms with E-state index in [9.17, 15) is 4.79 Å². The lowest BCUT2D eigenvalue weighted by Gasteiger charge is -2.23. The third-order valence-corrected chi connectivity index (χ3v) is 3.76. The lowest BCUT2D eigenvalue weighted by Crippen LogP contribution is -2.35. The van der Waals surface area contributed by atoms with Crippen molar-refractivity contribution < 1.29 is 4.79 Å². The van der Waals surface area contributed by atoms with Crippen molar-refractivity contribution in [3.63, 3.8) is 0 Å². The third-order valence-electron chi connectivity index (χ3n) is 3.57. The highest BCUT2D eigenvalue weighted by Crippen LogP contribution is 2.23. The van der Waals surface area contributed by atoms with Crippen LogP contribution in [0.25, 0.3) is 0 Å². The maximum absolute atomic E-state index is 12.5. The normalized spacial score (nSPS) is 19.3. The molecule has 1 saturated heterocycles. The molecular weight excluding hydrogens is 248 g/mol. The molecule has 1 aliphatic heterocycles. The highest BCUT2D eigenvalue weighted by molar-refractivity contribution is 6.29. The van der Waals surface area contributed by atoms with Gasteiger partial charge in [0, 0.05) is 23.8 Å². The first-order valence-corrected chi connectivity index (χ1v) is 7.01. The smallest absolute Gasteiger partial charge is 0.254 e. The molecule has 1 aliphatic rings. The number of likely N-dealkylation sites (tertiary alicyclic amines) is 1. The molecule has 2 heterocycles. The minimum atomic E-state index is 0.0957. The Hall–Kier alpha value is -1.09. The fourth-order valence-corrected chi connectivity index (χ4v) is 2.78. The Labute approximate surface area is 113 Å². The van der Waals surface area contributed by atoms with Crippen molar-refractivity contribution in [2.24, 2.45) is 0 Å². The second kappa shape index (κ2) is 5.70. The minimum absolute atomic E-state index is 0.0957. The summed E-state index contributed by atoms with van der Waals surface area (Å²) in [6.07, 6.45) is 4.02. The van der Waals surface area contributed by atoms with Crippen molar-refractivity contribution in [3.05, 3.63) is 28.5 Å². The van der Waals surface area contributed by atoms with Crippen molar-refractivity contribution in [2.75, 3.05) is 6.54 Å². The second-order valence-electron chi connectivity index (χ2n) is 4.73. The topological polar surface area (TPSA) is 33.2 Å². The van der Waals surface area contributed by atoms with Gasteiger partial charge >= 0.3 is 0 Å². The summed E-state index contributed by atoms with van der Waals surface area (Å²) in [4.78, 5) is 18.6. The molecule has 2 rings (SSSR count). The Balaban J connectivity index is 2.25. The minimum Gasteiger partial charge on any atom is -0.336 e. The average molecular weight is 267 g/mol. The first-order valence-electron chi connectivity index (χ1n) is 6.63. The zero-order valence-corrected chi connectivity index (χ0v) is 11.7. The van der Waals surface area contributed by atoms with E-state index < -0.39 is 0 Å². The third kappa shape index (κ3) is 2.66. The van der Waals surface area contributed by atoms with Gasteiger partial charge < -0.3 is 4.90 Å². The number of aryl methyl sites for hydroxylation is 1. The molecule has 1 aromatic rings. The van der Waals surface area contributed by atoms with Gasteiger partial charge in [0.1, 0.15) is 5.15 Å². The van der Waals surface area contributed by atoms with Crippen LogP contribution in [-0.4, -0.2) is 28.4 Å². The molecule has 0 saturated carbocycles. The van der Waals surface area contributed by atoms with Crippen LogP contribution < -0.4 is 0 Å². The van der Waals surface area contributed by atoms with Crippen LogP contribution in [0.3, 0.4) is 0 Å². The lowest BCUT2D eigenvalue weighted by molar-refractivity contribution is 0.0733. The van der Waals surface area contributed by atoms with E-state index in [1.165, 1.54) is 0 Å². The monoisotopic (exact) mass is 266 g/mol. The van der Waals surface area contributed by atoms with E-state index in [0.29, 0.717) is 16.8 Å². The van der Waals surface area contributed by atoms with Crippen molar-refractivity contribution in [1.82, 2.24) is 9.88 Å². The molecule has 1 fully saturated rings. The summed E-state index contributed by atoms with van der Waals surface area (Å²) in [7, 11) is 0. The van der Waals surface area contributed by atoms with Gasteiger partial charge in [0.15, 0.2) is 0 Å². The SMILES string of the molecule is CCc1cc(C(=O)N2CCCC2CC)cc(Cl)n1. The second-order valence-corrected chi connectivity index (χ2v) is 5.11. The average Bonchev–Trinajstić information content (AvgIpc) is 2.85. The Bertz CT molecular complexity index is 447. The van der Waals surface area contributed by atoms with Gasteiger partial charge in [-0.15, -0.1) is 0 Å². The maximum atomic E-state index is 12.5. The quantitative estimate of drug-likeness (QED) is 0.787. The number of pyridine rings is 1. The summed E-state index contributed by atoms with van der Waals surface area (Å²) in [6.45, 7) is 5.00. The molecule has 0 bridgehead atoms. The number of hydrogen-bond donors (Lipinski definition) is 0. The summed E-state index contributed by atoms with van der Waals surface area (Å²) in [6, 6.07) is 3.92. The molecule has 18 heavy (non-hydrogen) atoms. The summed E-state index contributed by atoms with van der Waals surface area (Å²) in [5, 5.41) is 0.407. The number of rotatable bonds is 3. The Morgan fingerprint density at radius 3 is 2.94 bits per heavy atom. The van der Waals surface area contributed by atoms with Crippen LogP contribution in [0, 0.1) is 0 Å². The molecule has 1 amide bonds. The number of carbonyl (C=O) groups excluding carboxylic acids is 1. The Morgan fingerprint density at radius 2 is 2.28 bits per heavy atom. The van der Waals surface area contributed by atoms with Crippen LogP contribution in [0.5, 0.6) is 0 Å². The number of nitrogens with zero attached hydrogens (tertiary/aromatic N) is 2. The van der Waals surface area contributed by atoms with E-state index in [0.717, 1.165) is 37.9 Å². The fraction of sp³-hybridized carbons (Fsp3) is 0.571. The summed E-state index contributed by atoms with van der Waals surface area (Å²) >= 11 is 5.97. The van der Waals surface area contributed by atoms with Crippen molar-refractivity contribution in [1.29, 1.82) is 0 Å². The van der Waals surface area contributed by atoms with E-state index in [1.54, 1.807) is 6.07 Å². The molecule has 1 unspecified atom stereocenters.